The molecule has 1 aromatic carbocycles. The van der Waals surface area contributed by atoms with Crippen molar-refractivity contribution >= 4 is 11.9 Å². The van der Waals surface area contributed by atoms with Crippen molar-refractivity contribution in [2.45, 2.75) is 77.2 Å². The molecule has 5 nitrogen and oxygen atoms in total. The molecular formula is C26H36O5. The molecule has 31 heavy (non-hydrogen) atoms. The molecule has 4 unspecified atom stereocenters. The molecule has 5 heteroatoms. The van der Waals surface area contributed by atoms with Crippen LogP contribution in [0.4, 0.5) is 0 Å². The summed E-state index contributed by atoms with van der Waals surface area (Å²) in [7, 11) is 0. The van der Waals surface area contributed by atoms with Crippen LogP contribution >= 0.6 is 0 Å². The van der Waals surface area contributed by atoms with E-state index in [1.807, 2.05) is 6.92 Å². The molecule has 3 rings (SSSR count). The molecule has 1 fully saturated rings. The fraction of sp³-hybridized carbons (Fsp3) is 0.615. The highest BCUT2D eigenvalue weighted by atomic mass is 16.6. The quantitative estimate of drug-likeness (QED) is 0.513. The molecule has 4 atom stereocenters. The van der Waals surface area contributed by atoms with Crippen LogP contribution in [-0.4, -0.2) is 36.4 Å². The van der Waals surface area contributed by atoms with E-state index in [-0.39, 0.29) is 30.5 Å². The first-order chi connectivity index (χ1) is 14.6. The fourth-order valence-electron chi connectivity index (χ4n) is 5.74. The average molecular weight is 429 g/mol. The number of rotatable bonds is 7. The number of hydrogen-bond donors (Lipinski definition) is 1. The molecule has 2 aliphatic rings. The molecule has 0 aliphatic heterocycles. The summed E-state index contributed by atoms with van der Waals surface area (Å²) in [5.41, 5.74) is 3.50. The Morgan fingerprint density at radius 2 is 1.94 bits per heavy atom. The Morgan fingerprint density at radius 3 is 2.61 bits per heavy atom. The minimum absolute atomic E-state index is 0.0623. The number of aliphatic hydroxyl groups is 1. The molecule has 1 saturated carbocycles. The minimum Gasteiger partial charge on any atom is -0.462 e. The van der Waals surface area contributed by atoms with E-state index in [2.05, 4.69) is 45.5 Å². The highest BCUT2D eigenvalue weighted by Crippen LogP contribution is 2.57. The van der Waals surface area contributed by atoms with Gasteiger partial charge >= 0.3 is 11.9 Å². The van der Waals surface area contributed by atoms with Gasteiger partial charge in [-0.2, -0.15) is 0 Å². The van der Waals surface area contributed by atoms with Crippen LogP contribution in [0, 0.1) is 11.3 Å². The molecule has 1 aromatic rings. The summed E-state index contributed by atoms with van der Waals surface area (Å²) in [4.78, 5) is 24.4. The lowest BCUT2D eigenvalue weighted by atomic mass is 9.49. The molecule has 0 saturated heterocycles. The number of aryl methyl sites for hydroxylation is 1. The zero-order valence-electron chi connectivity index (χ0n) is 19.3. The highest BCUT2D eigenvalue weighted by Gasteiger charge is 2.55. The summed E-state index contributed by atoms with van der Waals surface area (Å²) in [6.45, 7) is 11.7. The third-order valence-corrected chi connectivity index (χ3v) is 7.50. The summed E-state index contributed by atoms with van der Waals surface area (Å²) < 4.78 is 10.4. The normalized spacial score (nSPS) is 28.3. The van der Waals surface area contributed by atoms with E-state index in [0.717, 1.165) is 38.2 Å². The maximum atomic E-state index is 13.2. The van der Waals surface area contributed by atoms with Crippen LogP contribution in [0.1, 0.15) is 76.0 Å². The topological polar surface area (TPSA) is 72.8 Å². The predicted molar refractivity (Wildman–Crippen MR) is 120 cm³/mol. The molecular weight excluding hydrogens is 392 g/mol. The van der Waals surface area contributed by atoms with Crippen molar-refractivity contribution in [1.82, 2.24) is 0 Å². The van der Waals surface area contributed by atoms with Gasteiger partial charge in [0.05, 0.1) is 5.41 Å². The second-order valence-electron chi connectivity index (χ2n) is 9.94. The SMILES string of the molecule is C=CC(=O)OCC(O)COC(=O)C1(C)CCCC2(C)c3ccc(C(C)C)cc3CCC12. The van der Waals surface area contributed by atoms with Crippen molar-refractivity contribution in [3.05, 3.63) is 47.5 Å². The molecule has 0 radical (unpaired) electrons. The first-order valence-electron chi connectivity index (χ1n) is 11.4. The van der Waals surface area contributed by atoms with E-state index in [9.17, 15) is 14.7 Å². The number of esters is 2. The van der Waals surface area contributed by atoms with Crippen LogP contribution in [0.5, 0.6) is 0 Å². The lowest BCUT2D eigenvalue weighted by molar-refractivity contribution is -0.168. The molecule has 0 bridgehead atoms. The van der Waals surface area contributed by atoms with Gasteiger partial charge in [0.2, 0.25) is 0 Å². The van der Waals surface area contributed by atoms with Crippen LogP contribution in [0.2, 0.25) is 0 Å². The number of aliphatic hydroxyl groups excluding tert-OH is 1. The number of carbonyl (C=O) groups is 2. The smallest absolute Gasteiger partial charge is 0.330 e. The molecule has 170 valence electrons. The summed E-state index contributed by atoms with van der Waals surface area (Å²) in [5.74, 6) is -0.185. The number of ether oxygens (including phenoxy) is 2. The van der Waals surface area contributed by atoms with Gasteiger partial charge in [0, 0.05) is 6.08 Å². The van der Waals surface area contributed by atoms with Crippen molar-refractivity contribution in [3.63, 3.8) is 0 Å². The number of fused-ring (bicyclic) bond motifs is 3. The third kappa shape index (κ3) is 4.57. The van der Waals surface area contributed by atoms with Gasteiger partial charge in [-0.25, -0.2) is 4.79 Å². The van der Waals surface area contributed by atoms with Crippen molar-refractivity contribution in [1.29, 1.82) is 0 Å². The maximum Gasteiger partial charge on any atom is 0.330 e. The zero-order chi connectivity index (χ0) is 22.8. The molecule has 1 N–H and O–H groups in total. The Morgan fingerprint density at radius 1 is 1.23 bits per heavy atom. The summed E-state index contributed by atoms with van der Waals surface area (Å²) in [6, 6.07) is 6.88. The van der Waals surface area contributed by atoms with Gasteiger partial charge < -0.3 is 14.6 Å². The van der Waals surface area contributed by atoms with Crippen LogP contribution in [-0.2, 0) is 30.9 Å². The van der Waals surface area contributed by atoms with E-state index < -0.39 is 17.5 Å². The van der Waals surface area contributed by atoms with E-state index in [1.54, 1.807) is 0 Å². The minimum atomic E-state index is -1.05. The molecule has 0 spiro atoms. The van der Waals surface area contributed by atoms with E-state index in [1.165, 1.54) is 16.7 Å². The van der Waals surface area contributed by atoms with Gasteiger partial charge in [-0.3, -0.25) is 4.79 Å². The lowest BCUT2D eigenvalue weighted by Gasteiger charge is -2.54. The lowest BCUT2D eigenvalue weighted by Crippen LogP contribution is -2.53. The molecule has 0 aromatic heterocycles. The van der Waals surface area contributed by atoms with Crippen LogP contribution in [0.25, 0.3) is 0 Å². The highest BCUT2D eigenvalue weighted by molar-refractivity contribution is 5.81. The summed E-state index contributed by atoms with van der Waals surface area (Å²) in [6.07, 6.45) is 4.72. The maximum absolute atomic E-state index is 13.2. The van der Waals surface area contributed by atoms with Crippen molar-refractivity contribution in [2.24, 2.45) is 11.3 Å². The molecule has 0 heterocycles. The average Bonchev–Trinajstić information content (AvgIpc) is 2.75. The number of carbonyl (C=O) groups excluding carboxylic acids is 2. The standard InChI is InChI=1S/C26H36O5/c1-6-23(28)30-15-20(27)16-31-24(29)26(5)13-7-12-25(4)21-10-8-18(17(2)3)14-19(21)9-11-22(25)26/h6,8,10,14,17,20,22,27H,1,7,9,11-13,15-16H2,2-5H3. The van der Waals surface area contributed by atoms with Gasteiger partial charge in [0.25, 0.3) is 0 Å². The third-order valence-electron chi connectivity index (χ3n) is 7.50. The van der Waals surface area contributed by atoms with Crippen LogP contribution in [0.3, 0.4) is 0 Å². The van der Waals surface area contributed by atoms with E-state index >= 15 is 0 Å². The van der Waals surface area contributed by atoms with Gasteiger partial charge in [0.1, 0.15) is 19.3 Å². The zero-order valence-corrected chi connectivity index (χ0v) is 19.3. The Kier molecular flexibility index (Phi) is 6.95. The predicted octanol–water partition coefficient (Wildman–Crippen LogP) is 4.45. The monoisotopic (exact) mass is 428 g/mol. The largest absolute Gasteiger partial charge is 0.462 e. The number of hydrogen-bond acceptors (Lipinski definition) is 5. The van der Waals surface area contributed by atoms with Crippen LogP contribution in [0.15, 0.2) is 30.9 Å². The first kappa shape index (κ1) is 23.5. The Hall–Kier alpha value is -2.14. The Bertz CT molecular complexity index is 844. The van der Waals surface area contributed by atoms with E-state index in [4.69, 9.17) is 9.47 Å². The van der Waals surface area contributed by atoms with Crippen molar-refractivity contribution in [3.8, 4) is 0 Å². The fourth-order valence-corrected chi connectivity index (χ4v) is 5.74. The van der Waals surface area contributed by atoms with E-state index in [0.29, 0.717) is 5.92 Å². The first-order valence-corrected chi connectivity index (χ1v) is 11.4. The van der Waals surface area contributed by atoms with Gasteiger partial charge in [0.15, 0.2) is 0 Å². The van der Waals surface area contributed by atoms with Crippen LogP contribution < -0.4 is 0 Å². The van der Waals surface area contributed by atoms with Crippen molar-refractivity contribution < 1.29 is 24.2 Å². The Balaban J connectivity index is 1.75. The van der Waals surface area contributed by atoms with Gasteiger partial charge in [-0.05, 0) is 66.5 Å². The summed E-state index contributed by atoms with van der Waals surface area (Å²) in [5, 5.41) is 10.0. The summed E-state index contributed by atoms with van der Waals surface area (Å²) >= 11 is 0. The Labute approximate surface area is 185 Å². The second-order valence-corrected chi connectivity index (χ2v) is 9.94. The van der Waals surface area contributed by atoms with Gasteiger partial charge in [-0.15, -0.1) is 0 Å². The van der Waals surface area contributed by atoms with Gasteiger partial charge in [-0.1, -0.05) is 52.0 Å². The van der Waals surface area contributed by atoms with Crippen molar-refractivity contribution in [2.75, 3.05) is 13.2 Å². The second kappa shape index (κ2) is 9.15. The number of benzene rings is 1. The molecule has 0 amide bonds. The molecule has 2 aliphatic carbocycles.